The van der Waals surface area contributed by atoms with E-state index in [2.05, 4.69) is 10.6 Å². The van der Waals surface area contributed by atoms with Crippen LogP contribution in [0.3, 0.4) is 0 Å². The number of hydrogen-bond acceptors (Lipinski definition) is 7. The molecule has 5 rings (SSSR count). The number of fused-ring (bicyclic) bond motifs is 2. The van der Waals surface area contributed by atoms with Crippen molar-refractivity contribution in [2.45, 2.75) is 26.3 Å². The first-order valence-electron chi connectivity index (χ1n) is 10.9. The highest BCUT2D eigenvalue weighted by Crippen LogP contribution is 2.43. The van der Waals surface area contributed by atoms with E-state index in [1.54, 1.807) is 12.1 Å². The van der Waals surface area contributed by atoms with E-state index >= 15 is 0 Å². The van der Waals surface area contributed by atoms with Crippen LogP contribution in [0.1, 0.15) is 30.5 Å². The number of benzene rings is 2. The molecule has 3 aromatic rings. The molecule has 0 amide bonds. The van der Waals surface area contributed by atoms with E-state index in [1.807, 2.05) is 44.2 Å². The van der Waals surface area contributed by atoms with Crippen molar-refractivity contribution in [2.75, 3.05) is 17.7 Å². The summed E-state index contributed by atoms with van der Waals surface area (Å²) in [4.78, 5) is 39.8. The van der Waals surface area contributed by atoms with E-state index in [-0.39, 0.29) is 17.1 Å². The number of hydrogen-bond donors (Lipinski definition) is 2. The minimum Gasteiger partial charge on any atom is -0.468 e. The summed E-state index contributed by atoms with van der Waals surface area (Å²) in [6.07, 6.45) is 1.88. The molecule has 2 heterocycles. The van der Waals surface area contributed by atoms with Crippen LogP contribution in [0.2, 0.25) is 0 Å². The van der Waals surface area contributed by atoms with Crippen LogP contribution in [0.15, 0.2) is 69.2 Å². The minimum absolute atomic E-state index is 0.218. The van der Waals surface area contributed by atoms with E-state index in [1.165, 1.54) is 13.4 Å². The third-order valence-electron chi connectivity index (χ3n) is 6.49. The van der Waals surface area contributed by atoms with Gasteiger partial charge in [0.05, 0.1) is 35.5 Å². The average Bonchev–Trinajstić information content (AvgIpc) is 2.96. The van der Waals surface area contributed by atoms with E-state index in [9.17, 15) is 14.4 Å². The number of nitrogens with one attached hydrogen (secondary N) is 2. The molecule has 168 valence electrons. The average molecular weight is 444 g/mol. The number of carbonyl (C=O) groups excluding carboxylic acids is 2. The lowest BCUT2D eigenvalue weighted by Gasteiger charge is -2.32. The largest absolute Gasteiger partial charge is 0.468 e. The van der Waals surface area contributed by atoms with Crippen LogP contribution >= 0.6 is 0 Å². The van der Waals surface area contributed by atoms with Gasteiger partial charge in [-0.3, -0.25) is 14.4 Å². The molecule has 2 aliphatic rings. The molecule has 7 heteroatoms. The number of ether oxygens (including phenoxy) is 1. The lowest BCUT2D eigenvalue weighted by atomic mass is 9.75. The number of Topliss-reactive ketones (excluding diaryl/α,β-unsaturated/α-hetero) is 1. The van der Waals surface area contributed by atoms with Crippen molar-refractivity contribution < 1.29 is 18.7 Å². The second-order valence-corrected chi connectivity index (χ2v) is 8.71. The summed E-state index contributed by atoms with van der Waals surface area (Å²) in [6, 6.07) is 12.2. The Morgan fingerprint density at radius 3 is 2.64 bits per heavy atom. The zero-order valence-corrected chi connectivity index (χ0v) is 18.6. The molecular weight excluding hydrogens is 420 g/mol. The quantitative estimate of drug-likeness (QED) is 0.448. The SMILES string of the molecule is COC(=O)[C@H]1C(=O)C2=C(C[C@@H]1C)Nc1ccccc1N[C@@H]2c1coc2ccc(C)cc2c1=O. The van der Waals surface area contributed by atoms with Crippen molar-refractivity contribution in [2.24, 2.45) is 11.8 Å². The van der Waals surface area contributed by atoms with Crippen LogP contribution in [0, 0.1) is 18.8 Å². The number of para-hydroxylation sites is 2. The molecule has 3 atom stereocenters. The number of ketones is 1. The molecular formula is C26H24N2O5. The number of allylic oxidation sites excluding steroid dienone is 1. The predicted octanol–water partition coefficient (Wildman–Crippen LogP) is 4.33. The molecule has 0 unspecified atom stereocenters. The summed E-state index contributed by atoms with van der Waals surface area (Å²) in [7, 11) is 1.28. The van der Waals surface area contributed by atoms with Crippen molar-refractivity contribution in [3.05, 3.63) is 81.3 Å². The zero-order valence-electron chi connectivity index (χ0n) is 18.6. The van der Waals surface area contributed by atoms with Crippen molar-refractivity contribution in [3.63, 3.8) is 0 Å². The summed E-state index contributed by atoms with van der Waals surface area (Å²) in [5.74, 6) is -2.11. The van der Waals surface area contributed by atoms with Crippen molar-refractivity contribution >= 4 is 34.1 Å². The zero-order chi connectivity index (χ0) is 23.3. The first-order chi connectivity index (χ1) is 15.9. The minimum atomic E-state index is -0.934. The Kier molecular flexibility index (Phi) is 5.04. The fourth-order valence-corrected chi connectivity index (χ4v) is 4.83. The van der Waals surface area contributed by atoms with Gasteiger partial charge in [0.25, 0.3) is 0 Å². The van der Waals surface area contributed by atoms with Crippen LogP contribution in [-0.2, 0) is 14.3 Å². The topological polar surface area (TPSA) is 97.6 Å². The van der Waals surface area contributed by atoms with Gasteiger partial charge in [0.2, 0.25) is 0 Å². The van der Waals surface area contributed by atoms with Gasteiger partial charge in [-0.1, -0.05) is 30.7 Å². The van der Waals surface area contributed by atoms with E-state index in [0.717, 1.165) is 16.9 Å². The summed E-state index contributed by atoms with van der Waals surface area (Å²) < 4.78 is 10.7. The lowest BCUT2D eigenvalue weighted by Crippen LogP contribution is -2.40. The molecule has 2 N–H and O–H groups in total. The number of aryl methyl sites for hydroxylation is 1. The Labute approximate surface area is 190 Å². The van der Waals surface area contributed by atoms with Gasteiger partial charge >= 0.3 is 5.97 Å². The van der Waals surface area contributed by atoms with Crippen molar-refractivity contribution in [1.82, 2.24) is 0 Å². The molecule has 1 aromatic heterocycles. The van der Waals surface area contributed by atoms with Gasteiger partial charge in [0.15, 0.2) is 11.2 Å². The second-order valence-electron chi connectivity index (χ2n) is 8.71. The first-order valence-corrected chi connectivity index (χ1v) is 10.9. The molecule has 0 saturated carbocycles. The van der Waals surface area contributed by atoms with Gasteiger partial charge in [-0.05, 0) is 43.5 Å². The monoisotopic (exact) mass is 444 g/mol. The third-order valence-corrected chi connectivity index (χ3v) is 6.49. The molecule has 0 radical (unpaired) electrons. The fraction of sp³-hybridized carbons (Fsp3) is 0.269. The summed E-state index contributed by atoms with van der Waals surface area (Å²) >= 11 is 0. The number of esters is 1. The Morgan fingerprint density at radius 1 is 1.12 bits per heavy atom. The molecule has 33 heavy (non-hydrogen) atoms. The summed E-state index contributed by atoms with van der Waals surface area (Å²) in [5, 5.41) is 7.19. The van der Waals surface area contributed by atoms with Crippen LogP contribution in [0.25, 0.3) is 11.0 Å². The maximum atomic E-state index is 13.7. The maximum Gasteiger partial charge on any atom is 0.316 e. The van der Waals surface area contributed by atoms with Crippen LogP contribution < -0.4 is 16.1 Å². The highest BCUT2D eigenvalue weighted by Gasteiger charge is 2.45. The number of anilines is 2. The predicted molar refractivity (Wildman–Crippen MR) is 125 cm³/mol. The smallest absolute Gasteiger partial charge is 0.316 e. The summed E-state index contributed by atoms with van der Waals surface area (Å²) in [5.41, 5.74) is 4.10. The van der Waals surface area contributed by atoms with Gasteiger partial charge in [-0.25, -0.2) is 0 Å². The highest BCUT2D eigenvalue weighted by atomic mass is 16.5. The molecule has 0 bridgehead atoms. The Balaban J connectivity index is 1.74. The fourth-order valence-electron chi connectivity index (χ4n) is 4.83. The van der Waals surface area contributed by atoms with Crippen molar-refractivity contribution in [3.8, 4) is 0 Å². The Hall–Kier alpha value is -3.87. The Morgan fingerprint density at radius 2 is 1.88 bits per heavy atom. The molecule has 2 aromatic carbocycles. The first kappa shape index (κ1) is 21.0. The highest BCUT2D eigenvalue weighted by molar-refractivity contribution is 6.11. The van der Waals surface area contributed by atoms with Gasteiger partial charge < -0.3 is 19.8 Å². The number of carbonyl (C=O) groups is 2. The van der Waals surface area contributed by atoms with Gasteiger partial charge in [-0.15, -0.1) is 0 Å². The third kappa shape index (κ3) is 3.40. The standard InChI is InChI=1S/C26H24N2O5/c1-13-8-9-20-15(10-13)24(29)16(12-33-20)23-22-19(27-17-6-4-5-7-18(17)28-23)11-14(2)21(25(22)30)26(31)32-3/h4-10,12,14,21,23,27-28H,11H2,1-3H3/t14-,21+,23+/m0/s1. The van der Waals surface area contributed by atoms with Gasteiger partial charge in [0.1, 0.15) is 17.8 Å². The van der Waals surface area contributed by atoms with Crippen molar-refractivity contribution in [1.29, 1.82) is 0 Å². The number of methoxy groups -OCH3 is 1. The molecule has 1 aliphatic heterocycles. The Bertz CT molecular complexity index is 1390. The van der Waals surface area contributed by atoms with Crippen LogP contribution in [-0.4, -0.2) is 18.9 Å². The maximum absolute atomic E-state index is 13.7. The molecule has 1 aliphatic carbocycles. The van der Waals surface area contributed by atoms with Gasteiger partial charge in [0, 0.05) is 11.3 Å². The molecule has 0 saturated heterocycles. The van der Waals surface area contributed by atoms with Gasteiger partial charge in [-0.2, -0.15) is 0 Å². The molecule has 0 fully saturated rings. The number of rotatable bonds is 2. The lowest BCUT2D eigenvalue weighted by molar-refractivity contribution is -0.151. The van der Waals surface area contributed by atoms with E-state index < -0.39 is 17.9 Å². The molecule has 7 nitrogen and oxygen atoms in total. The van der Waals surface area contributed by atoms with Crippen LogP contribution in [0.4, 0.5) is 11.4 Å². The molecule has 0 spiro atoms. The van der Waals surface area contributed by atoms with E-state index in [4.69, 9.17) is 9.15 Å². The summed E-state index contributed by atoms with van der Waals surface area (Å²) in [6.45, 7) is 3.76. The normalized spacial score (nSPS) is 22.0. The van der Waals surface area contributed by atoms with Crippen LogP contribution in [0.5, 0.6) is 0 Å². The van der Waals surface area contributed by atoms with E-state index in [0.29, 0.717) is 34.2 Å². The second kappa shape index (κ2) is 7.92.